The quantitative estimate of drug-likeness (QED) is 0.516. The molecule has 1 aromatic rings. The first kappa shape index (κ1) is 14.9. The van der Waals surface area contributed by atoms with Crippen molar-refractivity contribution in [2.45, 2.75) is 44.6 Å². The highest BCUT2D eigenvalue weighted by atomic mass is 32.2. The smallest absolute Gasteiger partial charge is 0.307 e. The molecule has 0 amide bonds. The summed E-state index contributed by atoms with van der Waals surface area (Å²) in [7, 11) is 0. The Kier molecular flexibility index (Phi) is 5.08. The van der Waals surface area contributed by atoms with E-state index in [1.165, 1.54) is 0 Å². The number of nitrogen functional groups attached to an aromatic ring is 1. The van der Waals surface area contributed by atoms with E-state index in [1.807, 2.05) is 45.9 Å². The summed E-state index contributed by atoms with van der Waals surface area (Å²) in [5, 5.41) is 0. The second kappa shape index (κ2) is 6.14. The number of thioether (sulfide) groups is 1. The number of ether oxygens (including phenoxy) is 1. The first-order chi connectivity index (χ1) is 8.28. The van der Waals surface area contributed by atoms with Crippen LogP contribution in [-0.2, 0) is 9.53 Å². The number of aryl methyl sites for hydroxylation is 1. The molecule has 0 spiro atoms. The van der Waals surface area contributed by atoms with Gasteiger partial charge in [0.25, 0.3) is 0 Å². The van der Waals surface area contributed by atoms with E-state index in [2.05, 4.69) is 0 Å². The zero-order valence-electron chi connectivity index (χ0n) is 11.4. The molecule has 0 aliphatic rings. The maximum atomic E-state index is 11.5. The Morgan fingerprint density at radius 3 is 2.61 bits per heavy atom. The molecule has 1 rings (SSSR count). The van der Waals surface area contributed by atoms with Crippen molar-refractivity contribution >= 4 is 23.4 Å². The van der Waals surface area contributed by atoms with Crippen LogP contribution < -0.4 is 5.73 Å². The van der Waals surface area contributed by atoms with Crippen molar-refractivity contribution in [1.82, 2.24) is 0 Å². The molecule has 0 saturated heterocycles. The lowest BCUT2D eigenvalue weighted by molar-refractivity contribution is -0.154. The van der Waals surface area contributed by atoms with Crippen molar-refractivity contribution in [2.24, 2.45) is 0 Å². The van der Waals surface area contributed by atoms with Crippen LogP contribution in [0.15, 0.2) is 23.1 Å². The summed E-state index contributed by atoms with van der Waals surface area (Å²) < 4.78 is 5.25. The fourth-order valence-corrected chi connectivity index (χ4v) is 2.41. The van der Waals surface area contributed by atoms with Crippen LogP contribution in [0, 0.1) is 6.92 Å². The fourth-order valence-electron chi connectivity index (χ4n) is 1.47. The average Bonchev–Trinajstić information content (AvgIpc) is 2.18. The number of carbonyl (C=O) groups excluding carboxylic acids is 1. The van der Waals surface area contributed by atoms with Gasteiger partial charge in [-0.05, 0) is 51.5 Å². The monoisotopic (exact) mass is 267 g/mol. The highest BCUT2D eigenvalue weighted by Crippen LogP contribution is 2.25. The predicted octanol–water partition coefficient (Wildman–Crippen LogP) is 3.40. The molecule has 3 nitrogen and oxygen atoms in total. The van der Waals surface area contributed by atoms with Crippen molar-refractivity contribution in [3.63, 3.8) is 0 Å². The summed E-state index contributed by atoms with van der Waals surface area (Å²) in [6.07, 6.45) is 0.422. The molecule has 0 bridgehead atoms. The molecule has 18 heavy (non-hydrogen) atoms. The van der Waals surface area contributed by atoms with Crippen LogP contribution in [0.25, 0.3) is 0 Å². The van der Waals surface area contributed by atoms with Gasteiger partial charge in [0.15, 0.2) is 0 Å². The van der Waals surface area contributed by atoms with Gasteiger partial charge in [-0.15, -0.1) is 11.8 Å². The summed E-state index contributed by atoms with van der Waals surface area (Å²) >= 11 is 1.65. The Morgan fingerprint density at radius 1 is 1.39 bits per heavy atom. The van der Waals surface area contributed by atoms with Gasteiger partial charge in [-0.2, -0.15) is 0 Å². The van der Waals surface area contributed by atoms with Crippen LogP contribution >= 0.6 is 11.8 Å². The average molecular weight is 267 g/mol. The molecule has 100 valence electrons. The van der Waals surface area contributed by atoms with Crippen LogP contribution in [0.5, 0.6) is 0 Å². The first-order valence-corrected chi connectivity index (χ1v) is 6.97. The van der Waals surface area contributed by atoms with Crippen LogP contribution in [0.2, 0.25) is 0 Å². The summed E-state index contributed by atoms with van der Waals surface area (Å²) in [5.74, 6) is 0.572. The van der Waals surface area contributed by atoms with Gasteiger partial charge >= 0.3 is 5.97 Å². The molecule has 4 heteroatoms. The largest absolute Gasteiger partial charge is 0.460 e. The lowest BCUT2D eigenvalue weighted by atomic mass is 10.2. The third-order valence-electron chi connectivity index (χ3n) is 2.18. The molecule has 2 N–H and O–H groups in total. The Balaban J connectivity index is 2.40. The minimum atomic E-state index is -0.404. The third-order valence-corrected chi connectivity index (χ3v) is 3.36. The normalized spacial score (nSPS) is 11.3. The van der Waals surface area contributed by atoms with Crippen molar-refractivity contribution in [3.05, 3.63) is 23.8 Å². The van der Waals surface area contributed by atoms with Crippen LogP contribution in [-0.4, -0.2) is 17.3 Å². The standard InChI is InChI=1S/C14H21NO2S/c1-10-9-11(15)5-6-12(10)18-8-7-13(16)17-14(2,3)4/h5-6,9H,7-8,15H2,1-4H3. The maximum Gasteiger partial charge on any atom is 0.307 e. The molecular weight excluding hydrogens is 246 g/mol. The lowest BCUT2D eigenvalue weighted by Gasteiger charge is -2.19. The number of benzene rings is 1. The highest BCUT2D eigenvalue weighted by molar-refractivity contribution is 7.99. The number of nitrogens with two attached hydrogens (primary N) is 1. The topological polar surface area (TPSA) is 52.3 Å². The van der Waals surface area contributed by atoms with E-state index in [0.29, 0.717) is 6.42 Å². The summed E-state index contributed by atoms with van der Waals surface area (Å²) in [6.45, 7) is 7.65. The van der Waals surface area contributed by atoms with Gasteiger partial charge in [0.2, 0.25) is 0 Å². The zero-order valence-corrected chi connectivity index (χ0v) is 12.3. The van der Waals surface area contributed by atoms with E-state index in [9.17, 15) is 4.79 Å². The van der Waals surface area contributed by atoms with Crippen molar-refractivity contribution in [1.29, 1.82) is 0 Å². The SMILES string of the molecule is Cc1cc(N)ccc1SCCC(=O)OC(C)(C)C. The molecule has 0 aromatic heterocycles. The van der Waals surface area contributed by atoms with Crippen LogP contribution in [0.1, 0.15) is 32.8 Å². The van der Waals surface area contributed by atoms with E-state index < -0.39 is 5.60 Å². The second-order valence-electron chi connectivity index (χ2n) is 5.21. The van der Waals surface area contributed by atoms with Gasteiger partial charge in [-0.1, -0.05) is 0 Å². The summed E-state index contributed by atoms with van der Waals surface area (Å²) in [4.78, 5) is 12.7. The van der Waals surface area contributed by atoms with Crippen molar-refractivity contribution in [3.8, 4) is 0 Å². The highest BCUT2D eigenvalue weighted by Gasteiger charge is 2.15. The molecular formula is C14H21NO2S. The van der Waals surface area contributed by atoms with Gasteiger partial charge < -0.3 is 10.5 Å². The Hall–Kier alpha value is -1.16. The molecule has 0 aliphatic heterocycles. The number of rotatable bonds is 4. The molecule has 0 heterocycles. The second-order valence-corrected chi connectivity index (χ2v) is 6.35. The molecule has 0 atom stereocenters. The van der Waals surface area contributed by atoms with E-state index in [1.54, 1.807) is 11.8 Å². The molecule has 0 radical (unpaired) electrons. The summed E-state index contributed by atoms with van der Waals surface area (Å²) in [6, 6.07) is 5.81. The number of esters is 1. The lowest BCUT2D eigenvalue weighted by Crippen LogP contribution is -2.24. The minimum absolute atomic E-state index is 0.150. The molecule has 1 aromatic carbocycles. The van der Waals surface area contributed by atoms with Crippen LogP contribution in [0.3, 0.4) is 0 Å². The van der Waals surface area contributed by atoms with Gasteiger partial charge in [-0.25, -0.2) is 0 Å². The van der Waals surface area contributed by atoms with Crippen molar-refractivity contribution < 1.29 is 9.53 Å². The first-order valence-electron chi connectivity index (χ1n) is 5.99. The number of carbonyl (C=O) groups is 1. The van der Waals surface area contributed by atoms with Crippen LogP contribution in [0.4, 0.5) is 5.69 Å². The van der Waals surface area contributed by atoms with Gasteiger partial charge in [0, 0.05) is 16.3 Å². The molecule has 0 unspecified atom stereocenters. The van der Waals surface area contributed by atoms with Gasteiger partial charge in [0.1, 0.15) is 5.60 Å². The molecule has 0 aliphatic carbocycles. The van der Waals surface area contributed by atoms with E-state index in [4.69, 9.17) is 10.5 Å². The Labute approximate surface area is 113 Å². The fraction of sp³-hybridized carbons (Fsp3) is 0.500. The van der Waals surface area contributed by atoms with Gasteiger partial charge in [0.05, 0.1) is 6.42 Å². The number of hydrogen-bond acceptors (Lipinski definition) is 4. The third kappa shape index (κ3) is 5.45. The predicted molar refractivity (Wildman–Crippen MR) is 76.8 cm³/mol. The number of anilines is 1. The minimum Gasteiger partial charge on any atom is -0.460 e. The van der Waals surface area contributed by atoms with Crippen molar-refractivity contribution in [2.75, 3.05) is 11.5 Å². The molecule has 0 fully saturated rings. The van der Waals surface area contributed by atoms with E-state index in [0.717, 1.165) is 21.9 Å². The maximum absolute atomic E-state index is 11.5. The van der Waals surface area contributed by atoms with Gasteiger partial charge in [-0.3, -0.25) is 4.79 Å². The number of hydrogen-bond donors (Lipinski definition) is 1. The molecule has 0 saturated carbocycles. The van der Waals surface area contributed by atoms with E-state index >= 15 is 0 Å². The Morgan fingerprint density at radius 2 is 2.06 bits per heavy atom. The zero-order chi connectivity index (χ0) is 13.8. The van der Waals surface area contributed by atoms with E-state index in [-0.39, 0.29) is 5.97 Å². The Bertz CT molecular complexity index is 424. The summed E-state index contributed by atoms with van der Waals surface area (Å²) in [5.41, 5.74) is 7.20.